The molecule has 0 atom stereocenters. The van der Waals surface area contributed by atoms with Crippen molar-refractivity contribution in [2.75, 3.05) is 18.4 Å². The predicted octanol–water partition coefficient (Wildman–Crippen LogP) is 3.73. The molecule has 0 unspecified atom stereocenters. The van der Waals surface area contributed by atoms with Crippen LogP contribution in [-0.4, -0.2) is 29.8 Å². The minimum atomic E-state index is -1.06. The molecule has 2 rings (SSSR count). The van der Waals surface area contributed by atoms with E-state index in [1.54, 1.807) is 13.8 Å². The number of nitrogens with one attached hydrogen (secondary N) is 1. The summed E-state index contributed by atoms with van der Waals surface area (Å²) >= 11 is 3.40. The SMILES string of the molecule is Cc1cc(Br)ccc1NC(=O)C(C)(C)C(=O)N1CCCCC1. The fourth-order valence-electron chi connectivity index (χ4n) is 2.64. The molecule has 2 amide bonds. The zero-order valence-corrected chi connectivity index (χ0v) is 15.0. The van der Waals surface area contributed by atoms with E-state index in [1.165, 1.54) is 0 Å². The summed E-state index contributed by atoms with van der Waals surface area (Å²) in [4.78, 5) is 27.1. The zero-order valence-electron chi connectivity index (χ0n) is 13.4. The Morgan fingerprint density at radius 1 is 1.18 bits per heavy atom. The first-order valence-electron chi connectivity index (χ1n) is 7.69. The van der Waals surface area contributed by atoms with Gasteiger partial charge in [-0.2, -0.15) is 0 Å². The highest BCUT2D eigenvalue weighted by Gasteiger charge is 2.39. The Kier molecular flexibility index (Phi) is 5.27. The van der Waals surface area contributed by atoms with Gasteiger partial charge in [0, 0.05) is 23.2 Å². The second kappa shape index (κ2) is 6.82. The fourth-order valence-corrected chi connectivity index (χ4v) is 3.11. The number of nitrogens with zero attached hydrogens (tertiary/aromatic N) is 1. The van der Waals surface area contributed by atoms with Gasteiger partial charge in [-0.3, -0.25) is 9.59 Å². The van der Waals surface area contributed by atoms with Crippen LogP contribution in [0.15, 0.2) is 22.7 Å². The largest absolute Gasteiger partial charge is 0.342 e. The molecule has 1 fully saturated rings. The van der Waals surface area contributed by atoms with E-state index in [0.29, 0.717) is 0 Å². The number of carbonyl (C=O) groups excluding carboxylic acids is 2. The topological polar surface area (TPSA) is 49.4 Å². The van der Waals surface area contributed by atoms with Crippen molar-refractivity contribution in [3.05, 3.63) is 28.2 Å². The molecule has 0 aromatic heterocycles. The van der Waals surface area contributed by atoms with E-state index in [0.717, 1.165) is 48.1 Å². The summed E-state index contributed by atoms with van der Waals surface area (Å²) in [6.07, 6.45) is 3.21. The van der Waals surface area contributed by atoms with Gasteiger partial charge in [0.15, 0.2) is 0 Å². The number of likely N-dealkylation sites (tertiary alicyclic amines) is 1. The molecule has 0 bridgehead atoms. The van der Waals surface area contributed by atoms with Crippen molar-refractivity contribution in [2.24, 2.45) is 5.41 Å². The minimum Gasteiger partial charge on any atom is -0.342 e. The Morgan fingerprint density at radius 3 is 2.41 bits per heavy atom. The summed E-state index contributed by atoms with van der Waals surface area (Å²) in [5.41, 5.74) is 0.647. The number of aryl methyl sites for hydroxylation is 1. The molecule has 1 N–H and O–H groups in total. The van der Waals surface area contributed by atoms with Crippen LogP contribution in [0.25, 0.3) is 0 Å². The summed E-state index contributed by atoms with van der Waals surface area (Å²) in [7, 11) is 0. The van der Waals surface area contributed by atoms with Crippen LogP contribution in [0.4, 0.5) is 5.69 Å². The second-order valence-electron chi connectivity index (χ2n) is 6.39. The minimum absolute atomic E-state index is 0.0838. The third kappa shape index (κ3) is 3.69. The summed E-state index contributed by atoms with van der Waals surface area (Å²) in [6.45, 7) is 6.85. The van der Waals surface area contributed by atoms with E-state index >= 15 is 0 Å². The predicted molar refractivity (Wildman–Crippen MR) is 91.7 cm³/mol. The number of piperidine rings is 1. The number of carbonyl (C=O) groups is 2. The third-order valence-corrected chi connectivity index (χ3v) is 4.68. The number of benzene rings is 1. The average molecular weight is 367 g/mol. The van der Waals surface area contributed by atoms with Crippen LogP contribution in [0.1, 0.15) is 38.7 Å². The second-order valence-corrected chi connectivity index (χ2v) is 7.31. The maximum atomic E-state index is 12.6. The average Bonchev–Trinajstić information content (AvgIpc) is 2.50. The van der Waals surface area contributed by atoms with E-state index in [9.17, 15) is 9.59 Å². The molecule has 1 aliphatic rings. The molecule has 0 radical (unpaired) electrons. The third-order valence-electron chi connectivity index (χ3n) is 4.18. The van der Waals surface area contributed by atoms with Crippen molar-refractivity contribution in [2.45, 2.75) is 40.0 Å². The van der Waals surface area contributed by atoms with E-state index in [1.807, 2.05) is 30.0 Å². The monoisotopic (exact) mass is 366 g/mol. The Balaban J connectivity index is 2.10. The molecule has 4 nitrogen and oxygen atoms in total. The number of amides is 2. The summed E-state index contributed by atoms with van der Waals surface area (Å²) < 4.78 is 0.964. The highest BCUT2D eigenvalue weighted by atomic mass is 79.9. The van der Waals surface area contributed by atoms with Gasteiger partial charge in [-0.15, -0.1) is 0 Å². The first kappa shape index (κ1) is 17.0. The number of hydrogen-bond donors (Lipinski definition) is 1. The molecule has 5 heteroatoms. The molecule has 1 heterocycles. The normalized spacial score (nSPS) is 15.5. The van der Waals surface area contributed by atoms with Gasteiger partial charge in [-0.25, -0.2) is 0 Å². The molecule has 1 aliphatic heterocycles. The number of rotatable bonds is 3. The van der Waals surface area contributed by atoms with Crippen LogP contribution >= 0.6 is 15.9 Å². The van der Waals surface area contributed by atoms with Crippen molar-refractivity contribution >= 4 is 33.4 Å². The molecule has 1 aromatic carbocycles. The zero-order chi connectivity index (χ0) is 16.3. The van der Waals surface area contributed by atoms with Crippen LogP contribution in [0.5, 0.6) is 0 Å². The van der Waals surface area contributed by atoms with Crippen LogP contribution in [-0.2, 0) is 9.59 Å². The lowest BCUT2D eigenvalue weighted by molar-refractivity contribution is -0.147. The molecule has 0 spiro atoms. The van der Waals surface area contributed by atoms with Gasteiger partial charge in [-0.1, -0.05) is 15.9 Å². The molecular formula is C17H23BrN2O2. The first-order chi connectivity index (χ1) is 10.3. The smallest absolute Gasteiger partial charge is 0.239 e. The van der Waals surface area contributed by atoms with Gasteiger partial charge in [0.2, 0.25) is 11.8 Å². The van der Waals surface area contributed by atoms with Gasteiger partial charge in [0.05, 0.1) is 0 Å². The fraction of sp³-hybridized carbons (Fsp3) is 0.529. The molecule has 0 saturated carbocycles. The van der Waals surface area contributed by atoms with E-state index in [4.69, 9.17) is 0 Å². The Morgan fingerprint density at radius 2 is 1.82 bits per heavy atom. The lowest BCUT2D eigenvalue weighted by Crippen LogP contribution is -2.49. The van der Waals surface area contributed by atoms with Crippen molar-refractivity contribution in [1.82, 2.24) is 4.90 Å². The Labute approximate surface area is 140 Å². The Hall–Kier alpha value is -1.36. The van der Waals surface area contributed by atoms with Crippen LogP contribution in [0, 0.1) is 12.3 Å². The van der Waals surface area contributed by atoms with Crippen molar-refractivity contribution in [3.8, 4) is 0 Å². The van der Waals surface area contributed by atoms with Crippen molar-refractivity contribution in [3.63, 3.8) is 0 Å². The van der Waals surface area contributed by atoms with Gasteiger partial charge >= 0.3 is 0 Å². The molecular weight excluding hydrogens is 344 g/mol. The van der Waals surface area contributed by atoms with Gasteiger partial charge < -0.3 is 10.2 Å². The summed E-state index contributed by atoms with van der Waals surface area (Å²) in [5, 5.41) is 2.89. The maximum Gasteiger partial charge on any atom is 0.239 e. The molecule has 1 aromatic rings. The van der Waals surface area contributed by atoms with Crippen LogP contribution in [0.2, 0.25) is 0 Å². The standard InChI is InChI=1S/C17H23BrN2O2/c1-12-11-13(18)7-8-14(12)19-15(21)17(2,3)16(22)20-9-5-4-6-10-20/h7-8,11H,4-6,9-10H2,1-3H3,(H,19,21). The maximum absolute atomic E-state index is 12.6. The van der Waals surface area contributed by atoms with Crippen LogP contribution in [0.3, 0.4) is 0 Å². The number of hydrogen-bond acceptors (Lipinski definition) is 2. The lowest BCUT2D eigenvalue weighted by atomic mass is 9.89. The van der Waals surface area contributed by atoms with E-state index < -0.39 is 5.41 Å². The van der Waals surface area contributed by atoms with Gasteiger partial charge in [0.25, 0.3) is 0 Å². The van der Waals surface area contributed by atoms with E-state index in [-0.39, 0.29) is 11.8 Å². The highest BCUT2D eigenvalue weighted by molar-refractivity contribution is 9.10. The molecule has 0 aliphatic carbocycles. The highest BCUT2D eigenvalue weighted by Crippen LogP contribution is 2.26. The molecule has 120 valence electrons. The molecule has 22 heavy (non-hydrogen) atoms. The summed E-state index contributed by atoms with van der Waals surface area (Å²) in [6, 6.07) is 5.66. The quantitative estimate of drug-likeness (QED) is 0.828. The summed E-state index contributed by atoms with van der Waals surface area (Å²) in [5.74, 6) is -0.340. The first-order valence-corrected chi connectivity index (χ1v) is 8.48. The lowest BCUT2D eigenvalue weighted by Gasteiger charge is -2.33. The van der Waals surface area contributed by atoms with Crippen molar-refractivity contribution < 1.29 is 9.59 Å². The number of halogens is 1. The molecule has 1 saturated heterocycles. The van der Waals surface area contributed by atoms with Gasteiger partial charge in [-0.05, 0) is 63.8 Å². The van der Waals surface area contributed by atoms with E-state index in [2.05, 4.69) is 21.2 Å². The number of anilines is 1. The Bertz CT molecular complexity index is 578. The van der Waals surface area contributed by atoms with Crippen LogP contribution < -0.4 is 5.32 Å². The van der Waals surface area contributed by atoms with Crippen molar-refractivity contribution in [1.29, 1.82) is 0 Å². The van der Waals surface area contributed by atoms with Gasteiger partial charge in [0.1, 0.15) is 5.41 Å².